The van der Waals surface area contributed by atoms with E-state index in [2.05, 4.69) is 12.2 Å². The molecular weight excluding hydrogens is 284 g/mol. The van der Waals surface area contributed by atoms with Gasteiger partial charge in [-0.05, 0) is 43.6 Å². The molecular formula is C16H22N2O2S. The van der Waals surface area contributed by atoms with E-state index in [0.717, 1.165) is 50.5 Å². The van der Waals surface area contributed by atoms with Gasteiger partial charge in [0, 0.05) is 10.8 Å². The van der Waals surface area contributed by atoms with Crippen LogP contribution < -0.4 is 11.1 Å². The molecule has 114 valence electrons. The lowest BCUT2D eigenvalue weighted by atomic mass is 9.88. The first kappa shape index (κ1) is 14.6. The lowest BCUT2D eigenvalue weighted by Gasteiger charge is -2.18. The van der Waals surface area contributed by atoms with E-state index in [1.807, 2.05) is 0 Å². The Morgan fingerprint density at radius 2 is 1.95 bits per heavy atom. The van der Waals surface area contributed by atoms with Gasteiger partial charge in [-0.1, -0.05) is 19.8 Å². The molecule has 2 amide bonds. The number of thiophene rings is 1. The maximum atomic E-state index is 12.3. The fraction of sp³-hybridized carbons (Fsp3) is 0.625. The largest absolute Gasteiger partial charge is 0.365 e. The van der Waals surface area contributed by atoms with Crippen molar-refractivity contribution in [3.63, 3.8) is 0 Å². The first-order chi connectivity index (χ1) is 10.1. The number of hydrogen-bond donors (Lipinski definition) is 2. The average Bonchev–Trinajstić information content (AvgIpc) is 3.04. The van der Waals surface area contributed by atoms with Gasteiger partial charge in [-0.25, -0.2) is 0 Å². The van der Waals surface area contributed by atoms with Crippen LogP contribution in [0.1, 0.15) is 59.8 Å². The van der Waals surface area contributed by atoms with Crippen LogP contribution in [0.25, 0.3) is 0 Å². The van der Waals surface area contributed by atoms with E-state index in [-0.39, 0.29) is 11.8 Å². The predicted molar refractivity (Wildman–Crippen MR) is 84.6 cm³/mol. The minimum atomic E-state index is -0.413. The lowest BCUT2D eigenvalue weighted by molar-refractivity contribution is -0.119. The molecule has 5 heteroatoms. The summed E-state index contributed by atoms with van der Waals surface area (Å²) in [6.45, 7) is 2.23. The molecule has 0 aromatic carbocycles. The summed E-state index contributed by atoms with van der Waals surface area (Å²) in [5.74, 6) is 0.379. The van der Waals surface area contributed by atoms with Gasteiger partial charge < -0.3 is 11.1 Å². The number of carbonyl (C=O) groups excluding carboxylic acids is 2. The van der Waals surface area contributed by atoms with E-state index in [4.69, 9.17) is 5.73 Å². The van der Waals surface area contributed by atoms with Crippen molar-refractivity contribution in [1.29, 1.82) is 0 Å². The molecule has 0 spiro atoms. The summed E-state index contributed by atoms with van der Waals surface area (Å²) >= 11 is 1.55. The van der Waals surface area contributed by atoms with Crippen molar-refractivity contribution in [2.45, 2.75) is 51.9 Å². The standard InChI is InChI=1S/C16H22N2O2S/c1-9-6-7-11-12(8-9)21-16(13(11)14(17)19)18-15(20)10-4-2-3-5-10/h9-10H,2-8H2,1H3,(H2,17,19)(H,18,20). The van der Waals surface area contributed by atoms with Crippen LogP contribution in [-0.2, 0) is 17.6 Å². The fourth-order valence-corrected chi connectivity index (χ4v) is 4.92. The monoisotopic (exact) mass is 306 g/mol. The van der Waals surface area contributed by atoms with Crippen LogP contribution in [0.4, 0.5) is 5.00 Å². The summed E-state index contributed by atoms with van der Waals surface area (Å²) in [7, 11) is 0. The third-order valence-corrected chi connectivity index (χ3v) is 5.89. The Morgan fingerprint density at radius 1 is 1.24 bits per heavy atom. The first-order valence-electron chi connectivity index (χ1n) is 7.81. The smallest absolute Gasteiger partial charge is 0.251 e. The van der Waals surface area contributed by atoms with Gasteiger partial charge in [-0.3, -0.25) is 9.59 Å². The van der Waals surface area contributed by atoms with Crippen molar-refractivity contribution in [2.75, 3.05) is 5.32 Å². The van der Waals surface area contributed by atoms with Crippen molar-refractivity contribution in [3.8, 4) is 0 Å². The molecule has 1 atom stereocenters. The molecule has 1 aromatic heterocycles. The highest BCUT2D eigenvalue weighted by atomic mass is 32.1. The zero-order valence-electron chi connectivity index (χ0n) is 12.4. The predicted octanol–water partition coefficient (Wildman–Crippen LogP) is 3.10. The molecule has 0 aliphatic heterocycles. The summed E-state index contributed by atoms with van der Waals surface area (Å²) in [5.41, 5.74) is 7.20. The van der Waals surface area contributed by atoms with Gasteiger partial charge in [0.05, 0.1) is 5.56 Å². The van der Waals surface area contributed by atoms with Crippen LogP contribution in [0.15, 0.2) is 0 Å². The summed E-state index contributed by atoms with van der Waals surface area (Å²) in [6, 6.07) is 0. The second-order valence-corrected chi connectivity index (χ2v) is 7.50. The van der Waals surface area contributed by atoms with Gasteiger partial charge in [0.15, 0.2) is 0 Å². The molecule has 0 bridgehead atoms. The van der Waals surface area contributed by atoms with Gasteiger partial charge in [-0.15, -0.1) is 11.3 Å². The third-order valence-electron chi connectivity index (χ3n) is 4.72. The quantitative estimate of drug-likeness (QED) is 0.900. The molecule has 1 fully saturated rings. The number of fused-ring (bicyclic) bond motifs is 1. The second-order valence-electron chi connectivity index (χ2n) is 6.39. The fourth-order valence-electron chi connectivity index (χ4n) is 3.50. The van der Waals surface area contributed by atoms with Crippen LogP contribution in [-0.4, -0.2) is 11.8 Å². The molecule has 1 aromatic rings. The van der Waals surface area contributed by atoms with E-state index in [9.17, 15) is 9.59 Å². The topological polar surface area (TPSA) is 72.2 Å². The maximum Gasteiger partial charge on any atom is 0.251 e. The van der Waals surface area contributed by atoms with Crippen LogP contribution >= 0.6 is 11.3 Å². The molecule has 0 saturated heterocycles. The number of nitrogens with one attached hydrogen (secondary N) is 1. The zero-order chi connectivity index (χ0) is 15.0. The number of nitrogens with two attached hydrogens (primary N) is 1. The third kappa shape index (κ3) is 2.84. The van der Waals surface area contributed by atoms with E-state index in [1.54, 1.807) is 11.3 Å². The minimum Gasteiger partial charge on any atom is -0.365 e. The molecule has 1 saturated carbocycles. The number of hydrogen-bond acceptors (Lipinski definition) is 3. The average molecular weight is 306 g/mol. The van der Waals surface area contributed by atoms with Gasteiger partial charge in [-0.2, -0.15) is 0 Å². The van der Waals surface area contributed by atoms with E-state index in [1.165, 1.54) is 4.88 Å². The van der Waals surface area contributed by atoms with Crippen molar-refractivity contribution in [1.82, 2.24) is 0 Å². The Morgan fingerprint density at radius 3 is 2.62 bits per heavy atom. The molecule has 2 aliphatic rings. The van der Waals surface area contributed by atoms with Crippen LogP contribution in [0, 0.1) is 11.8 Å². The van der Waals surface area contributed by atoms with E-state index in [0.29, 0.717) is 16.5 Å². The molecule has 21 heavy (non-hydrogen) atoms. The Labute approximate surface area is 129 Å². The highest BCUT2D eigenvalue weighted by Gasteiger charge is 2.29. The van der Waals surface area contributed by atoms with E-state index >= 15 is 0 Å². The second kappa shape index (κ2) is 5.79. The van der Waals surface area contributed by atoms with Gasteiger partial charge in [0.2, 0.25) is 5.91 Å². The summed E-state index contributed by atoms with van der Waals surface area (Å²) in [5, 5.41) is 3.66. The van der Waals surface area contributed by atoms with Crippen molar-refractivity contribution < 1.29 is 9.59 Å². The molecule has 4 nitrogen and oxygen atoms in total. The number of primary amides is 1. The number of anilines is 1. The lowest BCUT2D eigenvalue weighted by Crippen LogP contribution is -2.22. The molecule has 3 N–H and O–H groups in total. The highest BCUT2D eigenvalue weighted by Crippen LogP contribution is 2.40. The molecule has 3 rings (SSSR count). The van der Waals surface area contributed by atoms with Crippen LogP contribution in [0.2, 0.25) is 0 Å². The molecule has 1 unspecified atom stereocenters. The van der Waals surface area contributed by atoms with Crippen LogP contribution in [0.5, 0.6) is 0 Å². The van der Waals surface area contributed by atoms with Crippen molar-refractivity contribution in [2.24, 2.45) is 17.6 Å². The summed E-state index contributed by atoms with van der Waals surface area (Å²) in [6.07, 6.45) is 7.13. The number of rotatable bonds is 3. The Balaban J connectivity index is 1.87. The van der Waals surface area contributed by atoms with Crippen molar-refractivity contribution in [3.05, 3.63) is 16.0 Å². The number of amides is 2. The Kier molecular flexibility index (Phi) is 4.02. The summed E-state index contributed by atoms with van der Waals surface area (Å²) in [4.78, 5) is 25.4. The van der Waals surface area contributed by atoms with Crippen LogP contribution in [0.3, 0.4) is 0 Å². The molecule has 1 heterocycles. The minimum absolute atomic E-state index is 0.0571. The Bertz CT molecular complexity index is 573. The highest BCUT2D eigenvalue weighted by molar-refractivity contribution is 7.17. The molecule has 2 aliphatic carbocycles. The normalized spacial score (nSPS) is 22.0. The van der Waals surface area contributed by atoms with Crippen molar-refractivity contribution >= 4 is 28.2 Å². The first-order valence-corrected chi connectivity index (χ1v) is 8.63. The zero-order valence-corrected chi connectivity index (χ0v) is 13.2. The maximum absolute atomic E-state index is 12.3. The number of carbonyl (C=O) groups is 2. The SMILES string of the molecule is CC1CCc2c(sc(NC(=O)C3CCCC3)c2C(N)=O)C1. The van der Waals surface area contributed by atoms with Gasteiger partial charge >= 0.3 is 0 Å². The molecule has 0 radical (unpaired) electrons. The summed E-state index contributed by atoms with van der Waals surface area (Å²) < 4.78 is 0. The van der Waals surface area contributed by atoms with E-state index < -0.39 is 5.91 Å². The van der Waals surface area contributed by atoms with Gasteiger partial charge in [0.1, 0.15) is 5.00 Å². The van der Waals surface area contributed by atoms with Gasteiger partial charge in [0.25, 0.3) is 5.91 Å². The Hall–Kier alpha value is -1.36.